The van der Waals surface area contributed by atoms with Crippen molar-refractivity contribution < 1.29 is 14.3 Å². The van der Waals surface area contributed by atoms with Crippen molar-refractivity contribution >= 4 is 38.7 Å². The fraction of sp³-hybridized carbons (Fsp3) is 0.429. The van der Waals surface area contributed by atoms with Crippen LogP contribution in [0.3, 0.4) is 0 Å². The summed E-state index contributed by atoms with van der Waals surface area (Å²) >= 11 is 3.55. The van der Waals surface area contributed by atoms with Crippen molar-refractivity contribution in [2.24, 2.45) is 0 Å². The van der Waals surface area contributed by atoms with Crippen LogP contribution in [0.25, 0.3) is 10.8 Å². The van der Waals surface area contributed by atoms with Gasteiger partial charge in [-0.3, -0.25) is 4.79 Å². The van der Waals surface area contributed by atoms with Crippen LogP contribution >= 0.6 is 15.9 Å². The standard InChI is InChI=1S/C21H25BrN2O3/c1-21(2,3)27-20(26)23-14-10-12-24(13-11-14)19(25)17-8-4-7-16-15(17)6-5-9-18(16)22/h4-9,14H,10-13H2,1-3H3,(H,23,26). The number of benzene rings is 2. The monoisotopic (exact) mass is 432 g/mol. The predicted molar refractivity (Wildman–Crippen MR) is 110 cm³/mol. The van der Waals surface area contributed by atoms with Crippen LogP contribution < -0.4 is 5.32 Å². The molecule has 0 unspecified atom stereocenters. The summed E-state index contributed by atoms with van der Waals surface area (Å²) in [5.74, 6) is 0.0365. The minimum atomic E-state index is -0.511. The number of alkyl carbamates (subject to hydrolysis) is 1. The van der Waals surface area contributed by atoms with Gasteiger partial charge in [0.15, 0.2) is 0 Å². The van der Waals surface area contributed by atoms with Crippen molar-refractivity contribution in [1.82, 2.24) is 10.2 Å². The maximum atomic E-state index is 13.0. The molecule has 144 valence electrons. The number of piperidine rings is 1. The average Bonchev–Trinajstić information content (AvgIpc) is 2.60. The second-order valence-electron chi connectivity index (χ2n) is 7.85. The number of rotatable bonds is 2. The molecule has 1 fully saturated rings. The molecule has 3 rings (SSSR count). The van der Waals surface area contributed by atoms with Crippen molar-refractivity contribution in [2.45, 2.75) is 45.3 Å². The lowest BCUT2D eigenvalue weighted by molar-refractivity contribution is 0.0474. The van der Waals surface area contributed by atoms with E-state index in [0.717, 1.165) is 28.1 Å². The molecule has 2 aromatic carbocycles. The van der Waals surface area contributed by atoms with Crippen LogP contribution in [-0.4, -0.2) is 41.6 Å². The summed E-state index contributed by atoms with van der Waals surface area (Å²) < 4.78 is 6.29. The van der Waals surface area contributed by atoms with E-state index < -0.39 is 11.7 Å². The van der Waals surface area contributed by atoms with Gasteiger partial charge in [0.2, 0.25) is 0 Å². The predicted octanol–water partition coefficient (Wildman–Crippen LogP) is 4.73. The molecule has 1 saturated heterocycles. The van der Waals surface area contributed by atoms with E-state index in [1.54, 1.807) is 0 Å². The zero-order valence-corrected chi connectivity index (χ0v) is 17.5. The number of likely N-dealkylation sites (tertiary alicyclic amines) is 1. The van der Waals surface area contributed by atoms with Gasteiger partial charge in [0.25, 0.3) is 5.91 Å². The molecule has 0 aliphatic carbocycles. The number of carbonyl (C=O) groups is 2. The SMILES string of the molecule is CC(C)(C)OC(=O)NC1CCN(C(=O)c2cccc3c(Br)cccc23)CC1. The average molecular weight is 433 g/mol. The molecule has 6 heteroatoms. The number of nitrogens with zero attached hydrogens (tertiary/aromatic N) is 1. The molecule has 1 aliphatic rings. The van der Waals surface area contributed by atoms with Crippen molar-refractivity contribution in [3.63, 3.8) is 0 Å². The lowest BCUT2D eigenvalue weighted by Gasteiger charge is -2.33. The Kier molecular flexibility index (Phi) is 5.75. The van der Waals surface area contributed by atoms with Crippen LogP contribution in [0.15, 0.2) is 40.9 Å². The van der Waals surface area contributed by atoms with E-state index in [9.17, 15) is 9.59 Å². The fourth-order valence-corrected chi connectivity index (χ4v) is 3.83. The first-order valence-corrected chi connectivity index (χ1v) is 10.00. The number of nitrogens with one attached hydrogen (secondary N) is 1. The Labute approximate surface area is 168 Å². The van der Waals surface area contributed by atoms with Gasteiger partial charge in [0.05, 0.1) is 0 Å². The third-order valence-corrected chi connectivity index (χ3v) is 5.29. The fourth-order valence-electron chi connectivity index (χ4n) is 3.33. The molecule has 0 atom stereocenters. The highest BCUT2D eigenvalue weighted by molar-refractivity contribution is 9.10. The Hall–Kier alpha value is -2.08. The highest BCUT2D eigenvalue weighted by Crippen LogP contribution is 2.27. The van der Waals surface area contributed by atoms with Crippen LogP contribution in [0.2, 0.25) is 0 Å². The summed E-state index contributed by atoms with van der Waals surface area (Å²) in [5, 5.41) is 4.89. The van der Waals surface area contributed by atoms with E-state index in [-0.39, 0.29) is 11.9 Å². The van der Waals surface area contributed by atoms with Crippen LogP contribution in [0.1, 0.15) is 44.0 Å². The summed E-state index contributed by atoms with van der Waals surface area (Å²) in [6, 6.07) is 11.7. The normalized spacial score (nSPS) is 15.6. The van der Waals surface area contributed by atoms with E-state index >= 15 is 0 Å². The third-order valence-electron chi connectivity index (χ3n) is 4.60. The minimum absolute atomic E-state index is 0.0329. The molecule has 2 aromatic rings. The van der Waals surface area contributed by atoms with Gasteiger partial charge in [-0.05, 0) is 56.5 Å². The van der Waals surface area contributed by atoms with Gasteiger partial charge in [0.1, 0.15) is 5.60 Å². The number of hydrogen-bond acceptors (Lipinski definition) is 3. The molecular weight excluding hydrogens is 408 g/mol. The van der Waals surface area contributed by atoms with Crippen molar-refractivity contribution in [3.05, 3.63) is 46.4 Å². The van der Waals surface area contributed by atoms with E-state index in [0.29, 0.717) is 18.7 Å². The number of fused-ring (bicyclic) bond motifs is 1. The van der Waals surface area contributed by atoms with Crippen LogP contribution in [0.5, 0.6) is 0 Å². The number of carbonyl (C=O) groups excluding carboxylic acids is 2. The maximum Gasteiger partial charge on any atom is 0.407 e. The number of halogens is 1. The second kappa shape index (κ2) is 7.89. The molecular formula is C21H25BrN2O3. The summed E-state index contributed by atoms with van der Waals surface area (Å²) in [4.78, 5) is 26.8. The van der Waals surface area contributed by atoms with Crippen molar-refractivity contribution in [3.8, 4) is 0 Å². The van der Waals surface area contributed by atoms with Crippen LogP contribution in [0, 0.1) is 0 Å². The Morgan fingerprint density at radius 3 is 2.37 bits per heavy atom. The smallest absolute Gasteiger partial charge is 0.407 e. The molecule has 0 spiro atoms. The van der Waals surface area contributed by atoms with E-state index in [4.69, 9.17) is 4.74 Å². The maximum absolute atomic E-state index is 13.0. The van der Waals surface area contributed by atoms with E-state index in [1.807, 2.05) is 62.1 Å². The van der Waals surface area contributed by atoms with Gasteiger partial charge in [-0.25, -0.2) is 4.79 Å². The molecule has 0 saturated carbocycles. The van der Waals surface area contributed by atoms with Crippen LogP contribution in [-0.2, 0) is 4.74 Å². The molecule has 0 radical (unpaired) electrons. The van der Waals surface area contributed by atoms with E-state index in [1.165, 1.54) is 0 Å². The van der Waals surface area contributed by atoms with Gasteiger partial charge in [-0.2, -0.15) is 0 Å². The van der Waals surface area contributed by atoms with Gasteiger partial charge in [-0.15, -0.1) is 0 Å². The highest BCUT2D eigenvalue weighted by Gasteiger charge is 2.27. The van der Waals surface area contributed by atoms with E-state index in [2.05, 4.69) is 21.2 Å². The Bertz CT molecular complexity index is 852. The van der Waals surface area contributed by atoms with Crippen molar-refractivity contribution in [1.29, 1.82) is 0 Å². The number of hydrogen-bond donors (Lipinski definition) is 1. The zero-order valence-electron chi connectivity index (χ0n) is 15.9. The molecule has 0 aromatic heterocycles. The first kappa shape index (κ1) is 19.7. The third kappa shape index (κ3) is 4.80. The molecule has 1 aliphatic heterocycles. The highest BCUT2D eigenvalue weighted by atomic mass is 79.9. The quantitative estimate of drug-likeness (QED) is 0.745. The Balaban J connectivity index is 1.64. The lowest BCUT2D eigenvalue weighted by Crippen LogP contribution is -2.47. The topological polar surface area (TPSA) is 58.6 Å². The first-order valence-electron chi connectivity index (χ1n) is 9.20. The molecule has 5 nitrogen and oxygen atoms in total. The molecule has 0 bridgehead atoms. The Morgan fingerprint density at radius 2 is 1.70 bits per heavy atom. The molecule has 2 amide bonds. The largest absolute Gasteiger partial charge is 0.444 e. The lowest BCUT2D eigenvalue weighted by atomic mass is 10.0. The molecule has 1 heterocycles. The molecule has 1 N–H and O–H groups in total. The first-order chi connectivity index (χ1) is 12.7. The number of ether oxygens (including phenoxy) is 1. The van der Waals surface area contributed by atoms with Gasteiger partial charge in [-0.1, -0.05) is 40.2 Å². The molecule has 27 heavy (non-hydrogen) atoms. The van der Waals surface area contributed by atoms with Gasteiger partial charge < -0.3 is 15.0 Å². The summed E-state index contributed by atoms with van der Waals surface area (Å²) in [6.45, 7) is 6.76. The minimum Gasteiger partial charge on any atom is -0.444 e. The van der Waals surface area contributed by atoms with Gasteiger partial charge in [0, 0.05) is 29.2 Å². The van der Waals surface area contributed by atoms with Crippen LogP contribution in [0.4, 0.5) is 4.79 Å². The summed E-state index contributed by atoms with van der Waals surface area (Å²) in [5.41, 5.74) is 0.205. The summed E-state index contributed by atoms with van der Waals surface area (Å²) in [7, 11) is 0. The Morgan fingerprint density at radius 1 is 1.07 bits per heavy atom. The van der Waals surface area contributed by atoms with Crippen molar-refractivity contribution in [2.75, 3.05) is 13.1 Å². The zero-order chi connectivity index (χ0) is 19.6. The number of amides is 2. The summed E-state index contributed by atoms with van der Waals surface area (Å²) in [6.07, 6.45) is 1.05. The second-order valence-corrected chi connectivity index (χ2v) is 8.71. The van der Waals surface area contributed by atoms with Gasteiger partial charge >= 0.3 is 6.09 Å².